The molecule has 2 amide bonds. The predicted octanol–water partition coefficient (Wildman–Crippen LogP) is 3.87. The van der Waals surface area contributed by atoms with Crippen molar-refractivity contribution in [3.05, 3.63) is 35.4 Å². The van der Waals surface area contributed by atoms with Gasteiger partial charge in [-0.3, -0.25) is 9.63 Å². The van der Waals surface area contributed by atoms with E-state index in [1.807, 2.05) is 0 Å². The number of alkyl halides is 1. The van der Waals surface area contributed by atoms with E-state index in [0.717, 1.165) is 5.06 Å². The van der Waals surface area contributed by atoms with Crippen LogP contribution < -0.4 is 5.32 Å². The molecule has 0 radical (unpaired) electrons. The van der Waals surface area contributed by atoms with Gasteiger partial charge in [-0.15, -0.1) is 0 Å². The van der Waals surface area contributed by atoms with Gasteiger partial charge in [-0.1, -0.05) is 24.3 Å². The first-order valence-electron chi connectivity index (χ1n) is 8.43. The molecular formula is C19H29FN2O4. The molecule has 0 aliphatic carbocycles. The molecule has 0 spiro atoms. The summed E-state index contributed by atoms with van der Waals surface area (Å²) in [7, 11) is 2.86. The minimum absolute atomic E-state index is 0.0558. The van der Waals surface area contributed by atoms with Crippen LogP contribution in [0.25, 0.3) is 0 Å². The van der Waals surface area contributed by atoms with Gasteiger partial charge in [0.1, 0.15) is 11.3 Å². The number of hydrogen-bond donors (Lipinski definition) is 1. The van der Waals surface area contributed by atoms with Crippen LogP contribution in [0.5, 0.6) is 0 Å². The fourth-order valence-electron chi connectivity index (χ4n) is 2.23. The van der Waals surface area contributed by atoms with Crippen LogP contribution in [0, 0.1) is 0 Å². The Balaban J connectivity index is 3.11. The molecule has 26 heavy (non-hydrogen) atoms. The fraction of sp³-hybridized carbons (Fsp3) is 0.579. The first-order chi connectivity index (χ1) is 11.8. The number of rotatable bonds is 6. The first kappa shape index (κ1) is 21.9. The highest BCUT2D eigenvalue weighted by Crippen LogP contribution is 2.28. The van der Waals surface area contributed by atoms with Crippen molar-refractivity contribution in [2.45, 2.75) is 58.4 Å². The third-order valence-corrected chi connectivity index (χ3v) is 3.67. The lowest BCUT2D eigenvalue weighted by Gasteiger charge is -2.25. The van der Waals surface area contributed by atoms with Crippen molar-refractivity contribution in [2.75, 3.05) is 14.2 Å². The van der Waals surface area contributed by atoms with E-state index in [4.69, 9.17) is 9.57 Å². The molecule has 1 aromatic rings. The van der Waals surface area contributed by atoms with E-state index in [0.29, 0.717) is 11.1 Å². The molecule has 0 saturated carbocycles. The summed E-state index contributed by atoms with van der Waals surface area (Å²) in [6, 6.07) is 6.05. The van der Waals surface area contributed by atoms with Crippen molar-refractivity contribution in [3.8, 4) is 0 Å². The van der Waals surface area contributed by atoms with Crippen LogP contribution in [-0.4, -0.2) is 36.8 Å². The maximum Gasteiger partial charge on any atom is 0.408 e. The highest BCUT2D eigenvalue weighted by Gasteiger charge is 2.26. The molecule has 1 aromatic carbocycles. The van der Waals surface area contributed by atoms with Gasteiger partial charge in [-0.2, -0.15) is 0 Å². The average Bonchev–Trinajstić information content (AvgIpc) is 2.50. The number of hydrogen-bond acceptors (Lipinski definition) is 4. The maximum atomic E-state index is 14.3. The normalized spacial score (nSPS) is 13.1. The van der Waals surface area contributed by atoms with Gasteiger partial charge >= 0.3 is 6.09 Å². The van der Waals surface area contributed by atoms with Gasteiger partial charge in [0.2, 0.25) is 5.91 Å². The number of nitrogens with zero attached hydrogens (tertiary/aromatic N) is 1. The van der Waals surface area contributed by atoms with Crippen molar-refractivity contribution < 1.29 is 23.6 Å². The Labute approximate surface area is 154 Å². The Morgan fingerprint density at radius 1 is 1.23 bits per heavy atom. The molecule has 0 aliphatic heterocycles. The Hall–Kier alpha value is -2.15. The highest BCUT2D eigenvalue weighted by molar-refractivity contribution is 5.77. The number of carbonyl (C=O) groups is 2. The quantitative estimate of drug-likeness (QED) is 0.774. The predicted molar refractivity (Wildman–Crippen MR) is 97.1 cm³/mol. The van der Waals surface area contributed by atoms with Crippen molar-refractivity contribution in [1.82, 2.24) is 10.4 Å². The van der Waals surface area contributed by atoms with Crippen LogP contribution in [0.1, 0.15) is 58.2 Å². The summed E-state index contributed by atoms with van der Waals surface area (Å²) in [6.07, 6.45) is -0.708. The molecule has 0 aliphatic rings. The smallest absolute Gasteiger partial charge is 0.408 e. The van der Waals surface area contributed by atoms with Crippen LogP contribution in [0.4, 0.5) is 9.18 Å². The zero-order valence-corrected chi connectivity index (χ0v) is 16.6. The summed E-state index contributed by atoms with van der Waals surface area (Å²) in [4.78, 5) is 29.3. The summed E-state index contributed by atoms with van der Waals surface area (Å²) >= 11 is 0. The lowest BCUT2D eigenvalue weighted by molar-refractivity contribution is -0.169. The molecule has 7 heteroatoms. The van der Waals surface area contributed by atoms with Crippen LogP contribution in [0.2, 0.25) is 0 Å². The summed E-state index contributed by atoms with van der Waals surface area (Å²) in [5, 5.41) is 3.77. The minimum Gasteiger partial charge on any atom is -0.444 e. The monoisotopic (exact) mass is 368 g/mol. The highest BCUT2D eigenvalue weighted by atomic mass is 19.1. The molecule has 1 N–H and O–H groups in total. The van der Waals surface area contributed by atoms with Crippen molar-refractivity contribution in [1.29, 1.82) is 0 Å². The number of benzene rings is 1. The molecule has 0 bridgehead atoms. The van der Waals surface area contributed by atoms with Crippen molar-refractivity contribution in [2.24, 2.45) is 0 Å². The zero-order valence-electron chi connectivity index (χ0n) is 16.6. The van der Waals surface area contributed by atoms with Crippen LogP contribution >= 0.6 is 0 Å². The van der Waals surface area contributed by atoms with Crippen LogP contribution in [0.3, 0.4) is 0 Å². The van der Waals surface area contributed by atoms with Crippen molar-refractivity contribution >= 4 is 12.0 Å². The largest absolute Gasteiger partial charge is 0.444 e. The Morgan fingerprint density at radius 2 is 1.85 bits per heavy atom. The summed E-state index contributed by atoms with van der Waals surface area (Å²) in [6.45, 7) is 8.14. The SMILES string of the molecule is CON(C)C(=O)CC(NC(=O)OC(C)(C)C)c1cccc(C(C)(C)F)c1. The van der Waals surface area contributed by atoms with Crippen molar-refractivity contribution in [3.63, 3.8) is 0 Å². The molecule has 0 saturated heterocycles. The third kappa shape index (κ3) is 7.00. The van der Waals surface area contributed by atoms with Gasteiger partial charge in [0, 0.05) is 7.05 Å². The minimum atomic E-state index is -1.54. The summed E-state index contributed by atoms with van der Waals surface area (Å²) in [5.41, 5.74) is -1.15. The first-order valence-corrected chi connectivity index (χ1v) is 8.43. The van der Waals surface area contributed by atoms with E-state index in [2.05, 4.69) is 5.32 Å². The van der Waals surface area contributed by atoms with Crippen LogP contribution in [0.15, 0.2) is 24.3 Å². The molecular weight excluding hydrogens is 339 g/mol. The van der Waals surface area contributed by atoms with Gasteiger partial charge in [0.05, 0.1) is 19.6 Å². The summed E-state index contributed by atoms with van der Waals surface area (Å²) < 4.78 is 19.6. The summed E-state index contributed by atoms with van der Waals surface area (Å²) in [5.74, 6) is -0.335. The second-order valence-electron chi connectivity index (χ2n) is 7.57. The van der Waals surface area contributed by atoms with E-state index in [9.17, 15) is 14.0 Å². The number of ether oxygens (including phenoxy) is 1. The molecule has 1 rings (SSSR count). The Morgan fingerprint density at radius 3 is 2.35 bits per heavy atom. The van der Waals surface area contributed by atoms with E-state index in [1.54, 1.807) is 45.0 Å². The number of amides is 2. The van der Waals surface area contributed by atoms with E-state index >= 15 is 0 Å². The molecule has 146 valence electrons. The second-order valence-corrected chi connectivity index (χ2v) is 7.57. The molecule has 0 fully saturated rings. The number of hydroxylamine groups is 2. The number of halogens is 1. The fourth-order valence-corrected chi connectivity index (χ4v) is 2.23. The van der Waals surface area contributed by atoms with E-state index in [1.165, 1.54) is 28.0 Å². The Kier molecular flexibility index (Phi) is 7.15. The van der Waals surface area contributed by atoms with E-state index < -0.39 is 23.4 Å². The number of nitrogens with one attached hydrogen (secondary N) is 1. The Bertz CT molecular complexity index is 635. The lowest BCUT2D eigenvalue weighted by Crippen LogP contribution is -2.37. The average molecular weight is 368 g/mol. The molecule has 0 heterocycles. The number of alkyl carbamates (subject to hydrolysis) is 1. The van der Waals surface area contributed by atoms with Gasteiger partial charge in [-0.25, -0.2) is 14.2 Å². The van der Waals surface area contributed by atoms with Gasteiger partial charge in [-0.05, 0) is 45.7 Å². The lowest BCUT2D eigenvalue weighted by atomic mass is 9.94. The third-order valence-electron chi connectivity index (χ3n) is 3.67. The molecule has 0 aromatic heterocycles. The molecule has 6 nitrogen and oxygen atoms in total. The van der Waals surface area contributed by atoms with Gasteiger partial charge in [0.25, 0.3) is 0 Å². The van der Waals surface area contributed by atoms with Gasteiger partial charge in [0.15, 0.2) is 0 Å². The second kappa shape index (κ2) is 8.49. The topological polar surface area (TPSA) is 67.9 Å². The standard InChI is InChI=1S/C19H29FN2O4/c1-18(2,3)26-17(24)21-15(12-16(23)22(6)25-7)13-9-8-10-14(11-13)19(4,5)20/h8-11,15H,12H2,1-7H3,(H,21,24). The zero-order chi connectivity index (χ0) is 20.1. The maximum absolute atomic E-state index is 14.3. The number of carbonyl (C=O) groups excluding carboxylic acids is 2. The molecule has 1 unspecified atom stereocenters. The van der Waals surface area contributed by atoms with E-state index in [-0.39, 0.29) is 12.3 Å². The van der Waals surface area contributed by atoms with Gasteiger partial charge < -0.3 is 10.1 Å². The van der Waals surface area contributed by atoms with Crippen LogP contribution in [-0.2, 0) is 20.0 Å². The molecule has 1 atom stereocenters.